The van der Waals surface area contributed by atoms with Gasteiger partial charge in [0.05, 0.1) is 6.54 Å². The fraction of sp³-hybridized carbons (Fsp3) is 0.538. The Morgan fingerprint density at radius 2 is 2.14 bits per heavy atom. The van der Waals surface area contributed by atoms with Gasteiger partial charge >= 0.3 is 6.18 Å². The number of hydrogen-bond donors (Lipinski definition) is 2. The molecule has 3 N–H and O–H groups in total. The summed E-state index contributed by atoms with van der Waals surface area (Å²) in [6.07, 6.45) is -3.02. The minimum Gasteiger partial charge on any atom is -0.468 e. The summed E-state index contributed by atoms with van der Waals surface area (Å²) >= 11 is 0. The molecule has 9 heteroatoms. The van der Waals surface area contributed by atoms with Crippen LogP contribution >= 0.6 is 24.0 Å². The summed E-state index contributed by atoms with van der Waals surface area (Å²) in [6.45, 7) is 3.64. The zero-order valence-corrected chi connectivity index (χ0v) is 14.7. The van der Waals surface area contributed by atoms with Gasteiger partial charge in [0.1, 0.15) is 0 Å². The first-order valence-electron chi connectivity index (χ1n) is 6.44. The first kappa shape index (κ1) is 20.7. The molecule has 0 saturated carbocycles. The van der Waals surface area contributed by atoms with Crippen LogP contribution in [0.15, 0.2) is 23.3 Å². The van der Waals surface area contributed by atoms with Gasteiger partial charge in [-0.3, -0.25) is 0 Å². The van der Waals surface area contributed by atoms with Gasteiger partial charge in [0.25, 0.3) is 0 Å². The zero-order valence-electron chi connectivity index (χ0n) is 12.4. The van der Waals surface area contributed by atoms with Crippen molar-refractivity contribution in [1.29, 1.82) is 0 Å². The van der Waals surface area contributed by atoms with E-state index in [2.05, 4.69) is 20.0 Å². The summed E-state index contributed by atoms with van der Waals surface area (Å²) in [4.78, 5) is 7.81. The van der Waals surface area contributed by atoms with Gasteiger partial charge < -0.3 is 15.8 Å². The minimum absolute atomic E-state index is 0. The Bertz CT molecular complexity index is 481. The molecule has 0 spiro atoms. The smallest absolute Gasteiger partial charge is 0.422 e. The van der Waals surface area contributed by atoms with E-state index in [1.165, 1.54) is 12.3 Å². The third-order valence-electron chi connectivity index (χ3n) is 2.31. The second-order valence-electron chi connectivity index (χ2n) is 4.88. The topological polar surface area (TPSA) is 72.5 Å². The van der Waals surface area contributed by atoms with E-state index in [1.807, 2.05) is 13.8 Å². The molecular weight excluding hydrogens is 412 g/mol. The number of nitrogens with two attached hydrogens (primary N) is 1. The van der Waals surface area contributed by atoms with Crippen molar-refractivity contribution in [2.75, 3.05) is 13.2 Å². The quantitative estimate of drug-likeness (QED) is 0.412. The first-order valence-corrected chi connectivity index (χ1v) is 6.44. The van der Waals surface area contributed by atoms with E-state index in [1.54, 1.807) is 6.07 Å². The van der Waals surface area contributed by atoms with Gasteiger partial charge in [-0.25, -0.2) is 9.98 Å². The van der Waals surface area contributed by atoms with E-state index in [9.17, 15) is 13.2 Å². The number of pyridine rings is 1. The molecule has 0 fully saturated rings. The normalized spacial score (nSPS) is 12.0. The Kier molecular flexibility index (Phi) is 9.14. The number of halogens is 4. The van der Waals surface area contributed by atoms with E-state index in [4.69, 9.17) is 5.73 Å². The van der Waals surface area contributed by atoms with Crippen LogP contribution in [-0.2, 0) is 6.54 Å². The maximum Gasteiger partial charge on any atom is 0.422 e. The highest BCUT2D eigenvalue weighted by molar-refractivity contribution is 14.0. The summed E-state index contributed by atoms with van der Waals surface area (Å²) in [5, 5.41) is 2.94. The first-order chi connectivity index (χ1) is 9.76. The van der Waals surface area contributed by atoms with Gasteiger partial charge in [0.15, 0.2) is 12.6 Å². The minimum atomic E-state index is -4.39. The third kappa shape index (κ3) is 9.64. The van der Waals surface area contributed by atoms with Crippen LogP contribution in [0.4, 0.5) is 13.2 Å². The molecule has 0 bridgehead atoms. The third-order valence-corrected chi connectivity index (χ3v) is 2.31. The molecule has 0 radical (unpaired) electrons. The molecule has 0 amide bonds. The number of guanidine groups is 1. The summed E-state index contributed by atoms with van der Waals surface area (Å²) in [5.41, 5.74) is 6.33. The van der Waals surface area contributed by atoms with Gasteiger partial charge in [0.2, 0.25) is 5.88 Å². The lowest BCUT2D eigenvalue weighted by Crippen LogP contribution is -2.34. The lowest BCUT2D eigenvalue weighted by Gasteiger charge is -2.09. The summed E-state index contributed by atoms with van der Waals surface area (Å²) in [5.74, 6) is 0.633. The molecule has 0 saturated heterocycles. The monoisotopic (exact) mass is 432 g/mol. The van der Waals surface area contributed by atoms with Crippen LogP contribution in [0, 0.1) is 5.92 Å². The van der Waals surface area contributed by atoms with E-state index < -0.39 is 12.8 Å². The van der Waals surface area contributed by atoms with Crippen LogP contribution in [0.25, 0.3) is 0 Å². The number of rotatable bonds is 6. The van der Waals surface area contributed by atoms with Crippen molar-refractivity contribution in [2.24, 2.45) is 16.6 Å². The molecule has 0 aliphatic rings. The average Bonchev–Trinajstić information content (AvgIpc) is 2.40. The number of nitrogens with one attached hydrogen (secondary N) is 1. The maximum absolute atomic E-state index is 12.0. The molecule has 0 atom stereocenters. The molecule has 1 heterocycles. The van der Waals surface area contributed by atoms with Crippen molar-refractivity contribution in [3.05, 3.63) is 23.9 Å². The van der Waals surface area contributed by atoms with Gasteiger partial charge in [-0.15, -0.1) is 24.0 Å². The van der Waals surface area contributed by atoms with E-state index in [0.29, 0.717) is 24.0 Å². The molecule has 0 aliphatic heterocycles. The molecule has 126 valence electrons. The van der Waals surface area contributed by atoms with E-state index >= 15 is 0 Å². The highest BCUT2D eigenvalue weighted by atomic mass is 127. The fourth-order valence-corrected chi connectivity index (χ4v) is 1.32. The number of alkyl halides is 3. The van der Waals surface area contributed by atoms with Gasteiger partial charge in [0, 0.05) is 18.8 Å². The van der Waals surface area contributed by atoms with Crippen LogP contribution in [0.5, 0.6) is 5.88 Å². The second kappa shape index (κ2) is 9.70. The number of aliphatic imine (C=N–C) groups is 1. The molecule has 1 aromatic rings. The average molecular weight is 432 g/mol. The molecular formula is C13H20F3IN4O. The van der Waals surface area contributed by atoms with E-state index in [-0.39, 0.29) is 36.4 Å². The fourth-order valence-electron chi connectivity index (χ4n) is 1.32. The predicted molar refractivity (Wildman–Crippen MR) is 89.4 cm³/mol. The summed E-state index contributed by atoms with van der Waals surface area (Å²) in [6, 6.07) is 3.05. The van der Waals surface area contributed by atoms with Crippen LogP contribution < -0.4 is 15.8 Å². The molecule has 1 rings (SSSR count). The van der Waals surface area contributed by atoms with Crippen molar-refractivity contribution in [1.82, 2.24) is 10.3 Å². The molecule has 0 aromatic carbocycles. The standard InChI is InChI=1S/C13H19F3N4O.HI/c1-9(2)6-19-12(17)20-7-10-3-4-18-11(5-10)21-8-13(14,15)16;/h3-5,9H,6-8H2,1-2H3,(H3,17,19,20);1H. The van der Waals surface area contributed by atoms with Gasteiger partial charge in [-0.05, 0) is 17.5 Å². The summed E-state index contributed by atoms with van der Waals surface area (Å²) in [7, 11) is 0. The Morgan fingerprint density at radius 1 is 1.45 bits per heavy atom. The van der Waals surface area contributed by atoms with Crippen molar-refractivity contribution in [3.63, 3.8) is 0 Å². The highest BCUT2D eigenvalue weighted by Crippen LogP contribution is 2.17. The lowest BCUT2D eigenvalue weighted by atomic mass is 10.2. The van der Waals surface area contributed by atoms with Crippen molar-refractivity contribution in [2.45, 2.75) is 26.6 Å². The molecule has 22 heavy (non-hydrogen) atoms. The van der Waals surface area contributed by atoms with Crippen molar-refractivity contribution >= 4 is 29.9 Å². The Balaban J connectivity index is 0.00000441. The van der Waals surface area contributed by atoms with Crippen LogP contribution in [0.1, 0.15) is 19.4 Å². The lowest BCUT2D eigenvalue weighted by molar-refractivity contribution is -0.154. The van der Waals surface area contributed by atoms with E-state index in [0.717, 1.165) is 0 Å². The molecule has 1 aromatic heterocycles. The maximum atomic E-state index is 12.0. The predicted octanol–water partition coefficient (Wildman–Crippen LogP) is 2.70. The van der Waals surface area contributed by atoms with Gasteiger partial charge in [-0.2, -0.15) is 13.2 Å². The van der Waals surface area contributed by atoms with Crippen molar-refractivity contribution in [3.8, 4) is 5.88 Å². The Hall–Kier alpha value is -1.26. The van der Waals surface area contributed by atoms with Crippen molar-refractivity contribution < 1.29 is 17.9 Å². The summed E-state index contributed by atoms with van der Waals surface area (Å²) < 4.78 is 40.7. The number of aromatic nitrogens is 1. The van der Waals surface area contributed by atoms with Crippen LogP contribution in [0.3, 0.4) is 0 Å². The van der Waals surface area contributed by atoms with Crippen LogP contribution in [0.2, 0.25) is 0 Å². The second-order valence-corrected chi connectivity index (χ2v) is 4.88. The highest BCUT2D eigenvalue weighted by Gasteiger charge is 2.28. The van der Waals surface area contributed by atoms with Crippen LogP contribution in [-0.4, -0.2) is 30.3 Å². The Morgan fingerprint density at radius 3 is 2.73 bits per heavy atom. The number of nitrogens with zero attached hydrogens (tertiary/aromatic N) is 2. The molecule has 0 aliphatic carbocycles. The molecule has 0 unspecified atom stereocenters. The largest absolute Gasteiger partial charge is 0.468 e. The molecule has 5 nitrogen and oxygen atoms in total. The number of ether oxygens (including phenoxy) is 1. The SMILES string of the molecule is CC(C)CNC(N)=NCc1ccnc(OCC(F)(F)F)c1.I. The zero-order chi connectivity index (χ0) is 15.9. The van der Waals surface area contributed by atoms with Gasteiger partial charge in [-0.1, -0.05) is 13.8 Å². The number of hydrogen-bond acceptors (Lipinski definition) is 3. The Labute approximate surface area is 144 Å².